The number of rotatable bonds is 4. The number of fused-ring (bicyclic) bond motifs is 2. The molecule has 0 saturated heterocycles. The Balaban J connectivity index is 1.49. The summed E-state index contributed by atoms with van der Waals surface area (Å²) in [5.41, 5.74) is 3.32. The van der Waals surface area contributed by atoms with Crippen molar-refractivity contribution in [1.29, 1.82) is 0 Å². The average Bonchev–Trinajstić information content (AvgIpc) is 3.39. The Morgan fingerprint density at radius 1 is 1.13 bits per heavy atom. The third-order valence-corrected chi connectivity index (χ3v) is 5.11. The fourth-order valence-electron chi connectivity index (χ4n) is 3.57. The minimum atomic E-state index is -0.416. The van der Waals surface area contributed by atoms with Gasteiger partial charge in [-0.2, -0.15) is 0 Å². The normalized spacial score (nSPS) is 12.3. The first-order chi connectivity index (χ1) is 14.6. The monoisotopic (exact) mass is 403 g/mol. The zero-order valence-corrected chi connectivity index (χ0v) is 16.2. The predicted octanol–water partition coefficient (Wildman–Crippen LogP) is 4.04. The van der Waals surface area contributed by atoms with Crippen LogP contribution in [0.5, 0.6) is 11.5 Å². The van der Waals surface area contributed by atoms with Crippen molar-refractivity contribution in [3.8, 4) is 22.9 Å². The van der Waals surface area contributed by atoms with E-state index in [-0.39, 0.29) is 12.7 Å². The van der Waals surface area contributed by atoms with E-state index in [0.717, 1.165) is 11.3 Å². The van der Waals surface area contributed by atoms with E-state index in [2.05, 4.69) is 10.3 Å². The number of aryl methyl sites for hydroxylation is 1. The van der Waals surface area contributed by atoms with E-state index in [1.807, 2.05) is 48.1 Å². The van der Waals surface area contributed by atoms with Gasteiger partial charge in [-0.25, -0.2) is 9.37 Å². The summed E-state index contributed by atoms with van der Waals surface area (Å²) in [5, 5.41) is 3.38. The summed E-state index contributed by atoms with van der Waals surface area (Å²) in [7, 11) is 1.91. The van der Waals surface area contributed by atoms with Crippen LogP contribution in [0.2, 0.25) is 0 Å². The van der Waals surface area contributed by atoms with Crippen LogP contribution in [0.3, 0.4) is 0 Å². The summed E-state index contributed by atoms with van der Waals surface area (Å²) in [5.74, 6) is 0.624. The topological polar surface area (TPSA) is 65.4 Å². The standard InChI is InChI=1S/C23H18FN3O3/c1-27-8-2-3-20(27)19-11-17(16-10-15(24)5-6-18(16)26-19)23(28)25-12-14-4-7-21-22(9-14)30-13-29-21/h2-11H,12-13H2,1H3,(H,25,28). The van der Waals surface area contributed by atoms with E-state index in [9.17, 15) is 9.18 Å². The van der Waals surface area contributed by atoms with Gasteiger partial charge in [-0.3, -0.25) is 4.79 Å². The maximum Gasteiger partial charge on any atom is 0.252 e. The Bertz CT molecular complexity index is 1280. The van der Waals surface area contributed by atoms with Gasteiger partial charge in [-0.15, -0.1) is 0 Å². The SMILES string of the molecule is Cn1cccc1-c1cc(C(=O)NCc2ccc3c(c2)OCO3)c2cc(F)ccc2n1. The minimum Gasteiger partial charge on any atom is -0.454 e. The molecule has 7 heteroatoms. The minimum absolute atomic E-state index is 0.196. The Labute approximate surface area is 171 Å². The first kappa shape index (κ1) is 18.2. The molecule has 0 spiro atoms. The second kappa shape index (κ2) is 7.18. The van der Waals surface area contributed by atoms with E-state index in [1.165, 1.54) is 12.1 Å². The van der Waals surface area contributed by atoms with Crippen molar-refractivity contribution < 1.29 is 18.7 Å². The molecule has 1 aliphatic rings. The number of hydrogen-bond acceptors (Lipinski definition) is 4. The largest absolute Gasteiger partial charge is 0.454 e. The molecule has 30 heavy (non-hydrogen) atoms. The van der Waals surface area contributed by atoms with E-state index >= 15 is 0 Å². The number of carbonyl (C=O) groups is 1. The number of pyridine rings is 1. The van der Waals surface area contributed by atoms with Gasteiger partial charge in [-0.1, -0.05) is 6.07 Å². The number of benzene rings is 2. The molecule has 0 atom stereocenters. The molecule has 1 amide bonds. The Morgan fingerprint density at radius 3 is 2.83 bits per heavy atom. The van der Waals surface area contributed by atoms with Crippen LogP contribution in [0.1, 0.15) is 15.9 Å². The van der Waals surface area contributed by atoms with Gasteiger partial charge in [-0.05, 0) is 54.1 Å². The lowest BCUT2D eigenvalue weighted by Gasteiger charge is -2.12. The van der Waals surface area contributed by atoms with Crippen molar-refractivity contribution in [2.45, 2.75) is 6.54 Å². The van der Waals surface area contributed by atoms with Gasteiger partial charge in [0.1, 0.15) is 5.82 Å². The van der Waals surface area contributed by atoms with E-state index in [4.69, 9.17) is 9.47 Å². The van der Waals surface area contributed by atoms with Crippen LogP contribution in [0.25, 0.3) is 22.3 Å². The smallest absolute Gasteiger partial charge is 0.252 e. The molecule has 0 saturated carbocycles. The molecule has 3 heterocycles. The highest BCUT2D eigenvalue weighted by molar-refractivity contribution is 6.07. The predicted molar refractivity (Wildman–Crippen MR) is 110 cm³/mol. The molecule has 2 aromatic carbocycles. The van der Waals surface area contributed by atoms with Crippen molar-refractivity contribution in [2.24, 2.45) is 7.05 Å². The zero-order valence-electron chi connectivity index (χ0n) is 16.2. The highest BCUT2D eigenvalue weighted by Gasteiger charge is 2.17. The Morgan fingerprint density at radius 2 is 2.00 bits per heavy atom. The van der Waals surface area contributed by atoms with Crippen molar-refractivity contribution in [1.82, 2.24) is 14.9 Å². The van der Waals surface area contributed by atoms with Crippen LogP contribution >= 0.6 is 0 Å². The fourth-order valence-corrected chi connectivity index (χ4v) is 3.57. The number of amides is 1. The van der Waals surface area contributed by atoms with Crippen molar-refractivity contribution in [2.75, 3.05) is 6.79 Å². The molecule has 1 N–H and O–H groups in total. The molecule has 2 aromatic heterocycles. The van der Waals surface area contributed by atoms with Crippen LogP contribution in [0.4, 0.5) is 4.39 Å². The molecule has 0 radical (unpaired) electrons. The highest BCUT2D eigenvalue weighted by Crippen LogP contribution is 2.32. The number of aromatic nitrogens is 2. The lowest BCUT2D eigenvalue weighted by molar-refractivity contribution is 0.0952. The number of halogens is 1. The Hall–Kier alpha value is -3.87. The summed E-state index contributed by atoms with van der Waals surface area (Å²) < 4.78 is 26.5. The zero-order chi connectivity index (χ0) is 20.7. The number of hydrogen-bond donors (Lipinski definition) is 1. The van der Waals surface area contributed by atoms with Gasteiger partial charge < -0.3 is 19.4 Å². The second-order valence-electron chi connectivity index (χ2n) is 7.09. The molecule has 150 valence electrons. The van der Waals surface area contributed by atoms with Crippen LogP contribution < -0.4 is 14.8 Å². The summed E-state index contributed by atoms with van der Waals surface area (Å²) in [6, 6.07) is 15.3. The number of ether oxygens (including phenoxy) is 2. The van der Waals surface area contributed by atoms with Gasteiger partial charge >= 0.3 is 0 Å². The molecule has 0 unspecified atom stereocenters. The molecule has 0 fully saturated rings. The highest BCUT2D eigenvalue weighted by atomic mass is 19.1. The van der Waals surface area contributed by atoms with E-state index in [1.54, 1.807) is 12.1 Å². The third-order valence-electron chi connectivity index (χ3n) is 5.11. The molecular formula is C23H18FN3O3. The first-order valence-electron chi connectivity index (χ1n) is 9.47. The van der Waals surface area contributed by atoms with Crippen molar-refractivity contribution in [3.05, 3.63) is 77.7 Å². The van der Waals surface area contributed by atoms with Crippen LogP contribution in [-0.2, 0) is 13.6 Å². The molecule has 1 aliphatic heterocycles. The molecule has 0 bridgehead atoms. The lowest BCUT2D eigenvalue weighted by Crippen LogP contribution is -2.23. The number of nitrogens with zero attached hydrogens (tertiary/aromatic N) is 2. The van der Waals surface area contributed by atoms with Gasteiger partial charge in [0, 0.05) is 25.2 Å². The summed E-state index contributed by atoms with van der Waals surface area (Å²) >= 11 is 0. The van der Waals surface area contributed by atoms with Crippen LogP contribution in [-0.4, -0.2) is 22.3 Å². The van der Waals surface area contributed by atoms with Crippen LogP contribution in [0, 0.1) is 5.82 Å². The Kier molecular flexibility index (Phi) is 4.35. The lowest BCUT2D eigenvalue weighted by atomic mass is 10.1. The maximum absolute atomic E-state index is 13.9. The van der Waals surface area contributed by atoms with Gasteiger partial charge in [0.15, 0.2) is 11.5 Å². The molecule has 6 nitrogen and oxygen atoms in total. The van der Waals surface area contributed by atoms with Crippen molar-refractivity contribution in [3.63, 3.8) is 0 Å². The molecule has 0 aliphatic carbocycles. The quantitative estimate of drug-likeness (QED) is 0.559. The molecule has 5 rings (SSSR count). The van der Waals surface area contributed by atoms with Gasteiger partial charge in [0.05, 0.1) is 22.5 Å². The summed E-state index contributed by atoms with van der Waals surface area (Å²) in [6.07, 6.45) is 1.91. The van der Waals surface area contributed by atoms with E-state index < -0.39 is 5.82 Å². The average molecular weight is 403 g/mol. The fraction of sp³-hybridized carbons (Fsp3) is 0.130. The number of carbonyl (C=O) groups excluding carboxylic acids is 1. The first-order valence-corrected chi connectivity index (χ1v) is 9.47. The summed E-state index contributed by atoms with van der Waals surface area (Å²) in [4.78, 5) is 17.7. The van der Waals surface area contributed by atoms with E-state index in [0.29, 0.717) is 40.2 Å². The number of nitrogens with one attached hydrogen (secondary N) is 1. The van der Waals surface area contributed by atoms with Crippen molar-refractivity contribution >= 4 is 16.8 Å². The van der Waals surface area contributed by atoms with Gasteiger partial charge in [0.25, 0.3) is 5.91 Å². The second-order valence-corrected chi connectivity index (χ2v) is 7.09. The van der Waals surface area contributed by atoms with Gasteiger partial charge in [0.2, 0.25) is 6.79 Å². The summed E-state index contributed by atoms with van der Waals surface area (Å²) in [6.45, 7) is 0.496. The van der Waals surface area contributed by atoms with Crippen LogP contribution in [0.15, 0.2) is 60.8 Å². The third kappa shape index (κ3) is 3.24. The maximum atomic E-state index is 13.9. The molecule has 4 aromatic rings. The molecular weight excluding hydrogens is 385 g/mol.